The SMILES string of the molecule is O=C(c1ccc(Br)cc1)c1cc(C(F)(F)F)[nH]n1. The molecule has 94 valence electrons. The molecule has 2 aromatic rings. The molecule has 0 unspecified atom stereocenters. The summed E-state index contributed by atoms with van der Waals surface area (Å²) < 4.78 is 37.8. The largest absolute Gasteiger partial charge is 0.432 e. The van der Waals surface area contributed by atoms with Gasteiger partial charge in [-0.05, 0) is 30.3 Å². The van der Waals surface area contributed by atoms with Gasteiger partial charge >= 0.3 is 6.18 Å². The highest BCUT2D eigenvalue weighted by molar-refractivity contribution is 9.10. The zero-order valence-corrected chi connectivity index (χ0v) is 10.3. The molecule has 2 rings (SSSR count). The second-order valence-corrected chi connectivity index (χ2v) is 4.42. The molecule has 1 aromatic heterocycles. The third-order valence-electron chi connectivity index (χ3n) is 2.22. The van der Waals surface area contributed by atoms with Gasteiger partial charge in [0.25, 0.3) is 0 Å². The number of alkyl halides is 3. The van der Waals surface area contributed by atoms with Gasteiger partial charge in [-0.1, -0.05) is 15.9 Å². The number of carbonyl (C=O) groups is 1. The third kappa shape index (κ3) is 2.61. The Kier molecular flexibility index (Phi) is 3.25. The minimum atomic E-state index is -4.54. The molecule has 1 heterocycles. The van der Waals surface area contributed by atoms with Gasteiger partial charge in [-0.3, -0.25) is 9.89 Å². The van der Waals surface area contributed by atoms with Gasteiger partial charge in [0.1, 0.15) is 11.4 Å². The average molecular weight is 319 g/mol. The smallest absolute Gasteiger partial charge is 0.287 e. The van der Waals surface area contributed by atoms with Crippen molar-refractivity contribution in [3.8, 4) is 0 Å². The molecule has 18 heavy (non-hydrogen) atoms. The molecular formula is C11H6BrF3N2O. The van der Waals surface area contributed by atoms with Gasteiger partial charge in [-0.25, -0.2) is 0 Å². The fraction of sp³-hybridized carbons (Fsp3) is 0.0909. The van der Waals surface area contributed by atoms with E-state index < -0.39 is 17.7 Å². The van der Waals surface area contributed by atoms with Crippen molar-refractivity contribution in [3.63, 3.8) is 0 Å². The number of nitrogens with one attached hydrogen (secondary N) is 1. The normalized spacial score (nSPS) is 11.6. The van der Waals surface area contributed by atoms with Crippen LogP contribution < -0.4 is 0 Å². The first-order valence-electron chi connectivity index (χ1n) is 4.81. The van der Waals surface area contributed by atoms with Crippen molar-refractivity contribution < 1.29 is 18.0 Å². The van der Waals surface area contributed by atoms with Crippen LogP contribution in [0.25, 0.3) is 0 Å². The minimum absolute atomic E-state index is 0.260. The van der Waals surface area contributed by atoms with E-state index in [9.17, 15) is 18.0 Å². The van der Waals surface area contributed by atoms with Crippen LogP contribution in [0.5, 0.6) is 0 Å². The van der Waals surface area contributed by atoms with Crippen molar-refractivity contribution in [2.24, 2.45) is 0 Å². The summed E-state index contributed by atoms with van der Waals surface area (Å²) in [7, 11) is 0. The molecule has 0 bridgehead atoms. The highest BCUT2D eigenvalue weighted by Gasteiger charge is 2.33. The molecule has 1 aromatic carbocycles. The van der Waals surface area contributed by atoms with Crippen LogP contribution in [0, 0.1) is 0 Å². The first-order chi connectivity index (χ1) is 8.38. The van der Waals surface area contributed by atoms with Gasteiger partial charge < -0.3 is 0 Å². The van der Waals surface area contributed by atoms with Crippen molar-refractivity contribution in [2.45, 2.75) is 6.18 Å². The molecule has 0 aliphatic carbocycles. The maximum Gasteiger partial charge on any atom is 0.432 e. The molecule has 0 aliphatic rings. The number of H-pyrrole nitrogens is 1. The van der Waals surface area contributed by atoms with Crippen LogP contribution in [0.2, 0.25) is 0 Å². The number of hydrogen-bond acceptors (Lipinski definition) is 2. The Balaban J connectivity index is 2.29. The Morgan fingerprint density at radius 3 is 2.33 bits per heavy atom. The van der Waals surface area contributed by atoms with E-state index in [1.54, 1.807) is 17.2 Å². The Bertz CT molecular complexity index is 575. The van der Waals surface area contributed by atoms with Gasteiger partial charge in [-0.2, -0.15) is 18.3 Å². The molecule has 0 atom stereocenters. The van der Waals surface area contributed by atoms with Crippen molar-refractivity contribution in [3.05, 3.63) is 51.8 Å². The molecule has 3 nitrogen and oxygen atoms in total. The number of nitrogens with zero attached hydrogens (tertiary/aromatic N) is 1. The van der Waals surface area contributed by atoms with E-state index >= 15 is 0 Å². The van der Waals surface area contributed by atoms with Crippen LogP contribution in [-0.4, -0.2) is 16.0 Å². The van der Waals surface area contributed by atoms with Crippen molar-refractivity contribution in [1.82, 2.24) is 10.2 Å². The van der Waals surface area contributed by atoms with Gasteiger partial charge in [0, 0.05) is 10.0 Å². The van der Waals surface area contributed by atoms with Crippen LogP contribution >= 0.6 is 15.9 Å². The van der Waals surface area contributed by atoms with Crippen LogP contribution in [0.3, 0.4) is 0 Å². The summed E-state index contributed by atoms with van der Waals surface area (Å²) >= 11 is 3.20. The predicted molar refractivity (Wildman–Crippen MR) is 61.2 cm³/mol. The van der Waals surface area contributed by atoms with E-state index in [0.29, 0.717) is 6.07 Å². The lowest BCUT2D eigenvalue weighted by atomic mass is 10.1. The molecule has 7 heteroatoms. The summed E-state index contributed by atoms with van der Waals surface area (Å²) in [5.41, 5.74) is -1.02. The quantitative estimate of drug-likeness (QED) is 0.862. The third-order valence-corrected chi connectivity index (χ3v) is 2.75. The average Bonchev–Trinajstić information content (AvgIpc) is 2.78. The number of halogens is 4. The Hall–Kier alpha value is -1.63. The molecular weight excluding hydrogens is 313 g/mol. The van der Waals surface area contributed by atoms with Crippen molar-refractivity contribution in [2.75, 3.05) is 0 Å². The van der Waals surface area contributed by atoms with E-state index in [0.717, 1.165) is 4.47 Å². The van der Waals surface area contributed by atoms with E-state index in [-0.39, 0.29) is 11.3 Å². The molecule has 0 saturated heterocycles. The number of carbonyl (C=O) groups excluding carboxylic acids is 1. The number of benzene rings is 1. The summed E-state index contributed by atoms with van der Waals surface area (Å²) in [6, 6.07) is 6.97. The zero-order chi connectivity index (χ0) is 13.3. The Labute approximate surface area is 108 Å². The number of aromatic amines is 1. The second kappa shape index (κ2) is 4.56. The molecule has 0 spiro atoms. The fourth-order valence-corrected chi connectivity index (χ4v) is 1.60. The topological polar surface area (TPSA) is 45.8 Å². The van der Waals surface area contributed by atoms with E-state index in [4.69, 9.17) is 0 Å². The fourth-order valence-electron chi connectivity index (χ4n) is 1.33. The van der Waals surface area contributed by atoms with Crippen molar-refractivity contribution in [1.29, 1.82) is 0 Å². The summed E-state index contributed by atoms with van der Waals surface area (Å²) in [5, 5.41) is 5.18. The van der Waals surface area contributed by atoms with Crippen LogP contribution in [0.15, 0.2) is 34.8 Å². The summed E-state index contributed by atoms with van der Waals surface area (Å²) in [5.74, 6) is -0.561. The maximum atomic E-state index is 12.3. The van der Waals surface area contributed by atoms with Gasteiger partial charge in [0.15, 0.2) is 0 Å². The molecule has 0 radical (unpaired) electrons. The first-order valence-corrected chi connectivity index (χ1v) is 5.60. The zero-order valence-electron chi connectivity index (χ0n) is 8.75. The monoisotopic (exact) mass is 318 g/mol. The van der Waals surface area contributed by atoms with Crippen LogP contribution in [0.1, 0.15) is 21.7 Å². The number of ketones is 1. The van der Waals surface area contributed by atoms with Gasteiger partial charge in [0.2, 0.25) is 5.78 Å². The molecule has 1 N–H and O–H groups in total. The molecule has 0 saturated carbocycles. The summed E-state index contributed by atoms with van der Waals surface area (Å²) in [6.07, 6.45) is -4.54. The lowest BCUT2D eigenvalue weighted by Crippen LogP contribution is -2.05. The van der Waals surface area contributed by atoms with Crippen LogP contribution in [-0.2, 0) is 6.18 Å². The standard InChI is InChI=1S/C11H6BrF3N2O/c12-7-3-1-6(2-4-7)10(18)8-5-9(17-16-8)11(13,14)15/h1-5H,(H,16,17). The highest BCUT2D eigenvalue weighted by atomic mass is 79.9. The molecule has 0 amide bonds. The lowest BCUT2D eigenvalue weighted by Gasteiger charge is -2.00. The Morgan fingerprint density at radius 1 is 1.22 bits per heavy atom. The number of aromatic nitrogens is 2. The number of rotatable bonds is 2. The van der Waals surface area contributed by atoms with Crippen molar-refractivity contribution >= 4 is 21.7 Å². The first kappa shape index (κ1) is 12.8. The highest BCUT2D eigenvalue weighted by Crippen LogP contribution is 2.28. The lowest BCUT2D eigenvalue weighted by molar-refractivity contribution is -0.141. The summed E-state index contributed by atoms with van der Waals surface area (Å²) in [6.45, 7) is 0. The van der Waals surface area contributed by atoms with Gasteiger partial charge in [-0.15, -0.1) is 0 Å². The number of hydrogen-bond donors (Lipinski definition) is 1. The predicted octanol–water partition coefficient (Wildman–Crippen LogP) is 3.42. The van der Waals surface area contributed by atoms with E-state index in [2.05, 4.69) is 21.0 Å². The summed E-state index contributed by atoms with van der Waals surface area (Å²) in [4.78, 5) is 11.8. The maximum absolute atomic E-state index is 12.3. The van der Waals surface area contributed by atoms with E-state index in [1.807, 2.05) is 0 Å². The molecule has 0 fully saturated rings. The molecule has 0 aliphatic heterocycles. The minimum Gasteiger partial charge on any atom is -0.287 e. The second-order valence-electron chi connectivity index (χ2n) is 3.50. The Morgan fingerprint density at radius 2 is 1.83 bits per heavy atom. The van der Waals surface area contributed by atoms with E-state index in [1.165, 1.54) is 12.1 Å². The van der Waals surface area contributed by atoms with Gasteiger partial charge in [0.05, 0.1) is 0 Å². The van der Waals surface area contributed by atoms with Crippen LogP contribution in [0.4, 0.5) is 13.2 Å².